The van der Waals surface area contributed by atoms with Crippen LogP contribution in [0.1, 0.15) is 42.5 Å². The third-order valence-electron chi connectivity index (χ3n) is 4.39. The highest BCUT2D eigenvalue weighted by Gasteiger charge is 2.30. The van der Waals surface area contributed by atoms with Crippen LogP contribution < -0.4 is 20.5 Å². The topological polar surface area (TPSA) is 117 Å². The van der Waals surface area contributed by atoms with Gasteiger partial charge in [0, 0.05) is 18.2 Å². The molecule has 1 aromatic carbocycles. The summed E-state index contributed by atoms with van der Waals surface area (Å²) in [6.45, 7) is 0.289. The summed E-state index contributed by atoms with van der Waals surface area (Å²) in [6, 6.07) is 2.50. The Balaban J connectivity index is 0.00000312. The molecule has 2 rings (SSSR count). The van der Waals surface area contributed by atoms with E-state index in [1.165, 1.54) is 26.4 Å². The summed E-state index contributed by atoms with van der Waals surface area (Å²) in [5.41, 5.74) is 5.44. The Morgan fingerprint density at radius 2 is 1.80 bits per heavy atom. The van der Waals surface area contributed by atoms with Gasteiger partial charge in [0.1, 0.15) is 5.56 Å². The predicted octanol–water partition coefficient (Wildman–Crippen LogP) is 2.43. The fraction of sp³-hybridized carbons (Fsp3) is 0.562. The standard InChI is InChI=1S/C16H23N3O5.ClH/c1-23-13-8-11(12(19(21)22)9-14(13)24-2)15(20)18-10-16(17)6-4-3-5-7-16;/h8-9H,3-7,10,17H2,1-2H3,(H,18,20);1H. The Labute approximate surface area is 152 Å². The summed E-state index contributed by atoms with van der Waals surface area (Å²) in [4.78, 5) is 23.1. The van der Waals surface area contributed by atoms with E-state index in [-0.39, 0.29) is 41.7 Å². The number of nitrogens with zero attached hydrogens (tertiary/aromatic N) is 1. The van der Waals surface area contributed by atoms with Crippen LogP contribution in [-0.4, -0.2) is 37.1 Å². The van der Waals surface area contributed by atoms with E-state index in [1.54, 1.807) is 0 Å². The summed E-state index contributed by atoms with van der Waals surface area (Å²) < 4.78 is 10.2. The zero-order valence-electron chi connectivity index (χ0n) is 14.4. The summed E-state index contributed by atoms with van der Waals surface area (Å²) in [5.74, 6) is -0.0882. The lowest BCUT2D eigenvalue weighted by atomic mass is 9.82. The molecule has 0 spiro atoms. The maximum absolute atomic E-state index is 12.5. The van der Waals surface area contributed by atoms with Gasteiger partial charge in [-0.05, 0) is 12.8 Å². The van der Waals surface area contributed by atoms with Crippen LogP contribution in [0.5, 0.6) is 11.5 Å². The minimum atomic E-state index is -0.615. The Morgan fingerprint density at radius 1 is 1.24 bits per heavy atom. The van der Waals surface area contributed by atoms with Crippen molar-refractivity contribution in [3.05, 3.63) is 27.8 Å². The molecule has 0 aliphatic heterocycles. The average Bonchev–Trinajstić information content (AvgIpc) is 2.59. The van der Waals surface area contributed by atoms with Gasteiger partial charge in [-0.15, -0.1) is 12.4 Å². The number of carbonyl (C=O) groups is 1. The summed E-state index contributed by atoms with van der Waals surface area (Å²) in [6.07, 6.45) is 4.88. The number of hydrogen-bond donors (Lipinski definition) is 2. The van der Waals surface area contributed by atoms with Crippen molar-refractivity contribution in [3.8, 4) is 11.5 Å². The molecule has 0 saturated heterocycles. The molecule has 1 aromatic rings. The molecule has 25 heavy (non-hydrogen) atoms. The average molecular weight is 374 g/mol. The van der Waals surface area contributed by atoms with E-state index < -0.39 is 16.4 Å². The van der Waals surface area contributed by atoms with Gasteiger partial charge in [0.25, 0.3) is 11.6 Å². The smallest absolute Gasteiger partial charge is 0.286 e. The van der Waals surface area contributed by atoms with Crippen molar-refractivity contribution in [2.75, 3.05) is 20.8 Å². The predicted molar refractivity (Wildman–Crippen MR) is 95.8 cm³/mol. The Kier molecular flexibility index (Phi) is 7.44. The number of carbonyl (C=O) groups excluding carboxylic acids is 1. The zero-order valence-corrected chi connectivity index (χ0v) is 15.2. The van der Waals surface area contributed by atoms with Gasteiger partial charge in [-0.2, -0.15) is 0 Å². The van der Waals surface area contributed by atoms with E-state index in [0.29, 0.717) is 0 Å². The molecule has 9 heteroatoms. The second-order valence-corrected chi connectivity index (χ2v) is 6.09. The summed E-state index contributed by atoms with van der Waals surface area (Å²) in [7, 11) is 2.78. The van der Waals surface area contributed by atoms with Crippen molar-refractivity contribution < 1.29 is 19.2 Å². The van der Waals surface area contributed by atoms with E-state index in [2.05, 4.69) is 5.32 Å². The Hall–Kier alpha value is -2.06. The molecule has 0 radical (unpaired) electrons. The minimum absolute atomic E-state index is 0. The SMILES string of the molecule is COc1cc(C(=O)NCC2(N)CCCCC2)c([N+](=O)[O-])cc1OC.Cl. The number of benzene rings is 1. The zero-order chi connectivity index (χ0) is 17.7. The molecule has 140 valence electrons. The number of nitrogens with one attached hydrogen (secondary N) is 1. The number of nitrogens with two attached hydrogens (primary N) is 1. The van der Waals surface area contributed by atoms with Crippen molar-refractivity contribution in [2.45, 2.75) is 37.6 Å². The number of nitro benzene ring substituents is 1. The minimum Gasteiger partial charge on any atom is -0.493 e. The number of nitro groups is 1. The molecule has 1 aliphatic rings. The highest BCUT2D eigenvalue weighted by molar-refractivity contribution is 5.99. The van der Waals surface area contributed by atoms with E-state index >= 15 is 0 Å². The van der Waals surface area contributed by atoms with Gasteiger partial charge in [-0.3, -0.25) is 14.9 Å². The maximum atomic E-state index is 12.5. The fourth-order valence-corrected chi connectivity index (χ4v) is 2.99. The number of amides is 1. The normalized spacial score (nSPS) is 15.6. The highest BCUT2D eigenvalue weighted by Crippen LogP contribution is 2.34. The first-order valence-corrected chi connectivity index (χ1v) is 7.88. The van der Waals surface area contributed by atoms with Crippen LogP contribution in [0.3, 0.4) is 0 Å². The number of rotatable bonds is 6. The lowest BCUT2D eigenvalue weighted by molar-refractivity contribution is -0.385. The first kappa shape index (κ1) is 21.0. The third-order valence-corrected chi connectivity index (χ3v) is 4.39. The maximum Gasteiger partial charge on any atom is 0.286 e. The molecule has 0 unspecified atom stereocenters. The first-order chi connectivity index (χ1) is 11.4. The van der Waals surface area contributed by atoms with Crippen molar-refractivity contribution >= 4 is 24.0 Å². The molecular weight excluding hydrogens is 350 g/mol. The van der Waals surface area contributed by atoms with Crippen LogP contribution in [0, 0.1) is 10.1 Å². The lowest BCUT2D eigenvalue weighted by Gasteiger charge is -2.33. The van der Waals surface area contributed by atoms with Crippen LogP contribution in [-0.2, 0) is 0 Å². The number of ether oxygens (including phenoxy) is 2. The van der Waals surface area contributed by atoms with E-state index in [0.717, 1.165) is 32.1 Å². The van der Waals surface area contributed by atoms with E-state index in [1.807, 2.05) is 0 Å². The Morgan fingerprint density at radius 3 is 2.32 bits per heavy atom. The summed E-state index contributed by atoms with van der Waals surface area (Å²) in [5, 5.41) is 14.0. The van der Waals surface area contributed by atoms with Gasteiger partial charge in [0.15, 0.2) is 11.5 Å². The van der Waals surface area contributed by atoms with Crippen molar-refractivity contribution in [1.82, 2.24) is 5.32 Å². The molecule has 8 nitrogen and oxygen atoms in total. The molecule has 1 amide bonds. The van der Waals surface area contributed by atoms with Gasteiger partial charge < -0.3 is 20.5 Å². The van der Waals surface area contributed by atoms with E-state index in [4.69, 9.17) is 15.2 Å². The number of halogens is 1. The molecule has 1 fully saturated rings. The van der Waals surface area contributed by atoms with E-state index in [9.17, 15) is 14.9 Å². The van der Waals surface area contributed by atoms with Gasteiger partial charge in [0.2, 0.25) is 0 Å². The van der Waals surface area contributed by atoms with Crippen LogP contribution in [0.25, 0.3) is 0 Å². The molecule has 0 bridgehead atoms. The first-order valence-electron chi connectivity index (χ1n) is 7.88. The van der Waals surface area contributed by atoms with Gasteiger partial charge in [-0.1, -0.05) is 19.3 Å². The fourth-order valence-electron chi connectivity index (χ4n) is 2.99. The number of methoxy groups -OCH3 is 2. The van der Waals surface area contributed by atoms with Gasteiger partial charge in [0.05, 0.1) is 25.2 Å². The molecule has 0 atom stereocenters. The second-order valence-electron chi connectivity index (χ2n) is 6.09. The summed E-state index contributed by atoms with van der Waals surface area (Å²) >= 11 is 0. The van der Waals surface area contributed by atoms with Gasteiger partial charge >= 0.3 is 0 Å². The number of hydrogen-bond acceptors (Lipinski definition) is 6. The Bertz CT molecular complexity index is 632. The monoisotopic (exact) mass is 373 g/mol. The quantitative estimate of drug-likeness (QED) is 0.584. The van der Waals surface area contributed by atoms with Crippen LogP contribution in [0.15, 0.2) is 12.1 Å². The molecule has 1 saturated carbocycles. The van der Waals surface area contributed by atoms with Gasteiger partial charge in [-0.25, -0.2) is 0 Å². The van der Waals surface area contributed by atoms with Crippen molar-refractivity contribution in [1.29, 1.82) is 0 Å². The molecule has 3 N–H and O–H groups in total. The van der Waals surface area contributed by atoms with Crippen LogP contribution in [0.4, 0.5) is 5.69 Å². The largest absolute Gasteiger partial charge is 0.493 e. The third kappa shape index (κ3) is 4.96. The molecule has 0 heterocycles. The highest BCUT2D eigenvalue weighted by atomic mass is 35.5. The molecular formula is C16H24ClN3O5. The van der Waals surface area contributed by atoms with Crippen LogP contribution in [0.2, 0.25) is 0 Å². The second kappa shape index (κ2) is 8.87. The molecule has 1 aliphatic carbocycles. The van der Waals surface area contributed by atoms with Crippen LogP contribution >= 0.6 is 12.4 Å². The van der Waals surface area contributed by atoms with Crippen molar-refractivity contribution in [3.63, 3.8) is 0 Å². The lowest BCUT2D eigenvalue weighted by Crippen LogP contribution is -2.51. The molecule has 0 aromatic heterocycles. The van der Waals surface area contributed by atoms with Crippen molar-refractivity contribution in [2.24, 2.45) is 5.73 Å².